The van der Waals surface area contributed by atoms with Crippen molar-refractivity contribution in [3.8, 4) is 0 Å². The van der Waals surface area contributed by atoms with Gasteiger partial charge in [0, 0.05) is 45.7 Å². The molecule has 0 radical (unpaired) electrons. The molecule has 3 amide bonds. The van der Waals surface area contributed by atoms with Gasteiger partial charge in [-0.25, -0.2) is 9.18 Å². The second kappa shape index (κ2) is 9.84. The van der Waals surface area contributed by atoms with E-state index in [1.54, 1.807) is 17.0 Å². The van der Waals surface area contributed by atoms with E-state index in [0.29, 0.717) is 32.8 Å². The predicted octanol–water partition coefficient (Wildman–Crippen LogP) is 1.51. The van der Waals surface area contributed by atoms with Crippen LogP contribution >= 0.6 is 0 Å². The van der Waals surface area contributed by atoms with Crippen molar-refractivity contribution >= 4 is 11.9 Å². The van der Waals surface area contributed by atoms with E-state index in [4.69, 9.17) is 4.74 Å². The smallest absolute Gasteiger partial charge is 0.317 e. The number of rotatable bonds is 5. The van der Waals surface area contributed by atoms with Gasteiger partial charge in [0.25, 0.3) is 0 Å². The number of ether oxygens (including phenoxy) is 1. The zero-order valence-electron chi connectivity index (χ0n) is 16.3. The lowest BCUT2D eigenvalue weighted by atomic mass is 10.0. The molecule has 2 fully saturated rings. The van der Waals surface area contributed by atoms with Crippen LogP contribution in [0, 0.1) is 5.82 Å². The quantitative estimate of drug-likeness (QED) is 0.797. The van der Waals surface area contributed by atoms with Gasteiger partial charge in [0.05, 0.1) is 19.3 Å². The minimum Gasteiger partial charge on any atom is -0.379 e. The summed E-state index contributed by atoms with van der Waals surface area (Å²) in [6, 6.07) is 6.29. The van der Waals surface area contributed by atoms with E-state index in [1.807, 2.05) is 0 Å². The van der Waals surface area contributed by atoms with Crippen LogP contribution in [0.25, 0.3) is 0 Å². The van der Waals surface area contributed by atoms with E-state index in [2.05, 4.69) is 15.5 Å². The molecule has 2 unspecified atom stereocenters. The molecular weight excluding hydrogens is 363 g/mol. The number of carbonyl (C=O) groups excluding carboxylic acids is 2. The average molecular weight is 392 g/mol. The average Bonchev–Trinajstić information content (AvgIpc) is 2.70. The molecule has 2 N–H and O–H groups in total. The Labute approximate surface area is 165 Å². The van der Waals surface area contributed by atoms with Crippen LogP contribution in [0.5, 0.6) is 0 Å². The second-order valence-electron chi connectivity index (χ2n) is 7.39. The lowest BCUT2D eigenvalue weighted by Crippen LogP contribution is -2.53. The molecule has 2 aliphatic rings. The Morgan fingerprint density at radius 1 is 1.21 bits per heavy atom. The molecule has 2 heterocycles. The number of nitrogens with zero attached hydrogens (tertiary/aromatic N) is 2. The first-order chi connectivity index (χ1) is 13.5. The van der Waals surface area contributed by atoms with Gasteiger partial charge in [-0.2, -0.15) is 0 Å². The summed E-state index contributed by atoms with van der Waals surface area (Å²) in [7, 11) is 0. The maximum Gasteiger partial charge on any atom is 0.317 e. The van der Waals surface area contributed by atoms with E-state index in [-0.39, 0.29) is 29.8 Å². The Hall–Kier alpha value is -2.19. The summed E-state index contributed by atoms with van der Waals surface area (Å²) in [4.78, 5) is 28.0. The molecule has 8 heteroatoms. The van der Waals surface area contributed by atoms with Gasteiger partial charge in [0.1, 0.15) is 5.82 Å². The molecule has 2 atom stereocenters. The number of urea groups is 1. The maximum absolute atomic E-state index is 13.3. The van der Waals surface area contributed by atoms with Gasteiger partial charge < -0.3 is 20.3 Å². The molecule has 7 nitrogen and oxygen atoms in total. The Morgan fingerprint density at radius 3 is 2.61 bits per heavy atom. The minimum absolute atomic E-state index is 0.00383. The molecule has 0 bridgehead atoms. The molecule has 1 aromatic carbocycles. The molecule has 2 aliphatic heterocycles. The van der Waals surface area contributed by atoms with Crippen molar-refractivity contribution < 1.29 is 18.7 Å². The molecule has 0 spiro atoms. The van der Waals surface area contributed by atoms with Crippen molar-refractivity contribution in [2.75, 3.05) is 45.9 Å². The first kappa shape index (κ1) is 20.5. The lowest BCUT2D eigenvalue weighted by molar-refractivity contribution is -0.119. The zero-order chi connectivity index (χ0) is 19.9. The van der Waals surface area contributed by atoms with Crippen LogP contribution in [0.3, 0.4) is 0 Å². The fourth-order valence-corrected chi connectivity index (χ4v) is 3.89. The monoisotopic (exact) mass is 392 g/mol. The van der Waals surface area contributed by atoms with Crippen molar-refractivity contribution in [3.63, 3.8) is 0 Å². The number of hydrogen-bond acceptors (Lipinski definition) is 4. The molecule has 28 heavy (non-hydrogen) atoms. The Morgan fingerprint density at radius 2 is 1.93 bits per heavy atom. The normalized spacial score (nSPS) is 21.8. The van der Waals surface area contributed by atoms with Crippen molar-refractivity contribution in [3.05, 3.63) is 35.6 Å². The number of nitrogens with one attached hydrogen (secondary N) is 2. The molecule has 0 saturated carbocycles. The standard InChI is InChI=1S/C20H29FN4O3/c1-15(26)23-18-3-2-8-25(14-18)20(27)22-13-19(24-9-11-28-12-10-24)16-4-6-17(21)7-5-16/h4-7,18-19H,2-3,8-14H2,1H3,(H,22,27)(H,23,26). The Balaban J connectivity index is 1.61. The van der Waals surface area contributed by atoms with Crippen LogP contribution in [0.15, 0.2) is 24.3 Å². The van der Waals surface area contributed by atoms with Gasteiger partial charge in [0.15, 0.2) is 0 Å². The van der Waals surface area contributed by atoms with Gasteiger partial charge in [-0.15, -0.1) is 0 Å². The van der Waals surface area contributed by atoms with Crippen LogP contribution in [0.4, 0.5) is 9.18 Å². The second-order valence-corrected chi connectivity index (χ2v) is 7.39. The highest BCUT2D eigenvalue weighted by molar-refractivity contribution is 5.75. The predicted molar refractivity (Wildman–Crippen MR) is 103 cm³/mol. The summed E-state index contributed by atoms with van der Waals surface area (Å²) >= 11 is 0. The number of benzene rings is 1. The minimum atomic E-state index is -0.272. The van der Waals surface area contributed by atoms with Crippen LogP contribution < -0.4 is 10.6 Å². The fraction of sp³-hybridized carbons (Fsp3) is 0.600. The molecule has 1 aromatic rings. The summed E-state index contributed by atoms with van der Waals surface area (Å²) in [5.74, 6) is -0.346. The largest absolute Gasteiger partial charge is 0.379 e. The van der Waals surface area contributed by atoms with E-state index >= 15 is 0 Å². The molecular formula is C20H29FN4O3. The molecule has 3 rings (SSSR count). The summed E-state index contributed by atoms with van der Waals surface area (Å²) < 4.78 is 18.8. The highest BCUT2D eigenvalue weighted by Crippen LogP contribution is 2.22. The summed E-state index contributed by atoms with van der Waals surface area (Å²) in [5.41, 5.74) is 0.971. The van der Waals surface area contributed by atoms with E-state index in [9.17, 15) is 14.0 Å². The van der Waals surface area contributed by atoms with Crippen molar-refractivity contribution in [2.45, 2.75) is 31.8 Å². The highest BCUT2D eigenvalue weighted by atomic mass is 19.1. The SMILES string of the molecule is CC(=O)NC1CCCN(C(=O)NCC(c2ccc(F)cc2)N2CCOCC2)C1. The van der Waals surface area contributed by atoms with Gasteiger partial charge in [0.2, 0.25) is 5.91 Å². The lowest BCUT2D eigenvalue weighted by Gasteiger charge is -2.36. The number of hydrogen-bond donors (Lipinski definition) is 2. The maximum atomic E-state index is 13.3. The highest BCUT2D eigenvalue weighted by Gasteiger charge is 2.27. The summed E-state index contributed by atoms with van der Waals surface area (Å²) in [6.45, 7) is 5.97. The first-order valence-corrected chi connectivity index (χ1v) is 9.90. The fourth-order valence-electron chi connectivity index (χ4n) is 3.89. The molecule has 2 saturated heterocycles. The summed E-state index contributed by atoms with van der Waals surface area (Å²) in [5, 5.41) is 5.93. The zero-order valence-corrected chi connectivity index (χ0v) is 16.3. The number of amides is 3. The Bertz CT molecular complexity index is 664. The van der Waals surface area contributed by atoms with Gasteiger partial charge >= 0.3 is 6.03 Å². The summed E-state index contributed by atoms with van der Waals surface area (Å²) in [6.07, 6.45) is 1.75. The van der Waals surface area contributed by atoms with Crippen LogP contribution in [0.2, 0.25) is 0 Å². The van der Waals surface area contributed by atoms with Crippen molar-refractivity contribution in [1.82, 2.24) is 20.4 Å². The van der Waals surface area contributed by atoms with Crippen LogP contribution in [-0.4, -0.2) is 73.7 Å². The Kier molecular flexibility index (Phi) is 7.22. The topological polar surface area (TPSA) is 73.9 Å². The molecule has 0 aromatic heterocycles. The van der Waals surface area contributed by atoms with Gasteiger partial charge in [-0.05, 0) is 30.5 Å². The molecule has 0 aliphatic carbocycles. The van der Waals surface area contributed by atoms with Gasteiger partial charge in [-0.3, -0.25) is 9.69 Å². The number of piperidine rings is 1. The van der Waals surface area contributed by atoms with E-state index < -0.39 is 0 Å². The number of likely N-dealkylation sites (tertiary alicyclic amines) is 1. The third-order valence-corrected chi connectivity index (χ3v) is 5.30. The molecule has 154 valence electrons. The van der Waals surface area contributed by atoms with Crippen LogP contribution in [-0.2, 0) is 9.53 Å². The third kappa shape index (κ3) is 5.65. The third-order valence-electron chi connectivity index (χ3n) is 5.30. The number of morpholine rings is 1. The van der Waals surface area contributed by atoms with Crippen molar-refractivity contribution in [1.29, 1.82) is 0 Å². The van der Waals surface area contributed by atoms with E-state index in [0.717, 1.165) is 31.5 Å². The van der Waals surface area contributed by atoms with Crippen molar-refractivity contribution in [2.24, 2.45) is 0 Å². The van der Waals surface area contributed by atoms with E-state index in [1.165, 1.54) is 19.1 Å². The number of carbonyl (C=O) groups is 2. The first-order valence-electron chi connectivity index (χ1n) is 9.90. The number of halogens is 1. The van der Waals surface area contributed by atoms with Crippen LogP contribution in [0.1, 0.15) is 31.4 Å². The van der Waals surface area contributed by atoms with Gasteiger partial charge in [-0.1, -0.05) is 12.1 Å².